The number of para-hydroxylation sites is 2. The van der Waals surface area contributed by atoms with E-state index in [1.165, 1.54) is 68.2 Å². The van der Waals surface area contributed by atoms with E-state index in [0.29, 0.717) is 6.04 Å². The highest BCUT2D eigenvalue weighted by Gasteiger charge is 2.29. The van der Waals surface area contributed by atoms with E-state index >= 15 is 0 Å². The second-order valence-corrected chi connectivity index (χ2v) is 6.60. The molecule has 0 radical (unpaired) electrons. The summed E-state index contributed by atoms with van der Waals surface area (Å²) in [6.45, 7) is 0. The first-order valence-electron chi connectivity index (χ1n) is 8.39. The highest BCUT2D eigenvalue weighted by molar-refractivity contribution is 5.76. The average molecular weight is 268 g/mol. The van der Waals surface area contributed by atoms with Crippen LogP contribution in [-0.2, 0) is 6.42 Å². The lowest BCUT2D eigenvalue weighted by Gasteiger charge is -2.31. The zero-order valence-electron chi connectivity index (χ0n) is 12.2. The molecule has 2 nitrogen and oxygen atoms in total. The molecule has 1 unspecified atom stereocenters. The van der Waals surface area contributed by atoms with Crippen LogP contribution in [0.4, 0.5) is 0 Å². The summed E-state index contributed by atoms with van der Waals surface area (Å²) in [5, 5.41) is 0. The molecule has 2 heterocycles. The lowest BCUT2D eigenvalue weighted by atomic mass is 9.82. The molecule has 0 saturated heterocycles. The highest BCUT2D eigenvalue weighted by Crippen LogP contribution is 2.40. The first kappa shape index (κ1) is 12.4. The molecular formula is C18H24N2. The van der Waals surface area contributed by atoms with Gasteiger partial charge in [0, 0.05) is 12.5 Å². The molecule has 1 fully saturated rings. The monoisotopic (exact) mass is 268 g/mol. The third kappa shape index (κ3) is 2.06. The van der Waals surface area contributed by atoms with Crippen molar-refractivity contribution in [3.8, 4) is 0 Å². The van der Waals surface area contributed by atoms with Gasteiger partial charge in [-0.1, -0.05) is 37.8 Å². The van der Waals surface area contributed by atoms with Crippen LogP contribution in [0, 0.1) is 5.92 Å². The van der Waals surface area contributed by atoms with Gasteiger partial charge < -0.3 is 4.57 Å². The number of benzene rings is 1. The third-order valence-electron chi connectivity index (χ3n) is 5.34. The van der Waals surface area contributed by atoms with Gasteiger partial charge in [0.25, 0.3) is 0 Å². The number of hydrogen-bond acceptors (Lipinski definition) is 1. The van der Waals surface area contributed by atoms with Gasteiger partial charge in [-0.05, 0) is 43.7 Å². The largest absolute Gasteiger partial charge is 0.325 e. The Kier molecular flexibility index (Phi) is 3.25. The number of nitrogens with zero attached hydrogens (tertiary/aromatic N) is 2. The zero-order chi connectivity index (χ0) is 13.4. The number of rotatable bonds is 1. The van der Waals surface area contributed by atoms with Gasteiger partial charge in [-0.2, -0.15) is 0 Å². The Morgan fingerprint density at radius 2 is 1.70 bits per heavy atom. The van der Waals surface area contributed by atoms with E-state index in [1.807, 2.05) is 0 Å². The van der Waals surface area contributed by atoms with Crippen LogP contribution in [-0.4, -0.2) is 9.55 Å². The van der Waals surface area contributed by atoms with Crippen LogP contribution >= 0.6 is 0 Å². The molecule has 1 aromatic carbocycles. The van der Waals surface area contributed by atoms with Crippen molar-refractivity contribution in [3.05, 3.63) is 30.1 Å². The maximum Gasteiger partial charge on any atom is 0.110 e. The van der Waals surface area contributed by atoms with E-state index < -0.39 is 0 Å². The third-order valence-corrected chi connectivity index (χ3v) is 5.34. The Morgan fingerprint density at radius 1 is 0.900 bits per heavy atom. The Hall–Kier alpha value is -1.31. The number of fused-ring (bicyclic) bond motifs is 3. The van der Waals surface area contributed by atoms with Crippen molar-refractivity contribution < 1.29 is 0 Å². The van der Waals surface area contributed by atoms with E-state index in [9.17, 15) is 0 Å². The number of hydrogen-bond donors (Lipinski definition) is 0. The van der Waals surface area contributed by atoms with E-state index in [-0.39, 0.29) is 0 Å². The van der Waals surface area contributed by atoms with Crippen LogP contribution in [0.25, 0.3) is 11.0 Å². The molecule has 1 atom stereocenters. The topological polar surface area (TPSA) is 17.8 Å². The van der Waals surface area contributed by atoms with Crippen molar-refractivity contribution in [2.45, 2.75) is 63.8 Å². The second kappa shape index (κ2) is 5.23. The first-order chi connectivity index (χ1) is 9.93. The van der Waals surface area contributed by atoms with Crippen LogP contribution in [0.5, 0.6) is 0 Å². The maximum absolute atomic E-state index is 4.92. The number of aromatic nitrogens is 2. The average Bonchev–Trinajstić information content (AvgIpc) is 2.74. The molecule has 0 spiro atoms. The van der Waals surface area contributed by atoms with Gasteiger partial charge in [0.05, 0.1) is 11.0 Å². The van der Waals surface area contributed by atoms with Crippen LogP contribution < -0.4 is 0 Å². The van der Waals surface area contributed by atoms with Crippen LogP contribution in [0.3, 0.4) is 0 Å². The van der Waals surface area contributed by atoms with Crippen LogP contribution in [0.15, 0.2) is 24.3 Å². The van der Waals surface area contributed by atoms with Crippen LogP contribution in [0.2, 0.25) is 0 Å². The normalized spacial score (nSPS) is 24.5. The van der Waals surface area contributed by atoms with Gasteiger partial charge in [-0.25, -0.2) is 4.98 Å². The van der Waals surface area contributed by atoms with Gasteiger partial charge >= 0.3 is 0 Å². The molecule has 4 rings (SSSR count). The molecule has 0 bridgehead atoms. The standard InChI is InChI=1S/C18H24N2/c1-2-8-14(9-3-1)16-11-6-7-13-18-19-15-10-4-5-12-17(15)20(16)18/h4-5,10,12,14,16H,1-3,6-9,11,13H2. The van der Waals surface area contributed by atoms with Crippen molar-refractivity contribution in [2.24, 2.45) is 5.92 Å². The lowest BCUT2D eigenvalue weighted by Crippen LogP contribution is -2.22. The van der Waals surface area contributed by atoms with Crippen molar-refractivity contribution in [1.29, 1.82) is 0 Å². The predicted molar refractivity (Wildman–Crippen MR) is 82.9 cm³/mol. The molecule has 1 saturated carbocycles. The molecular weight excluding hydrogens is 244 g/mol. The van der Waals surface area contributed by atoms with Gasteiger partial charge in [0.1, 0.15) is 5.82 Å². The SMILES string of the molecule is c1ccc2c(c1)nc1n2C(C2CCCCC2)CCCC1. The second-order valence-electron chi connectivity index (χ2n) is 6.60. The quantitative estimate of drug-likeness (QED) is 0.720. The molecule has 0 N–H and O–H groups in total. The van der Waals surface area contributed by atoms with E-state index in [0.717, 1.165) is 12.3 Å². The summed E-state index contributed by atoms with van der Waals surface area (Å²) in [7, 11) is 0. The summed E-state index contributed by atoms with van der Waals surface area (Å²) in [6, 6.07) is 9.44. The molecule has 106 valence electrons. The lowest BCUT2D eigenvalue weighted by molar-refractivity contribution is 0.241. The van der Waals surface area contributed by atoms with Crippen molar-refractivity contribution in [3.63, 3.8) is 0 Å². The Morgan fingerprint density at radius 3 is 2.60 bits per heavy atom. The molecule has 20 heavy (non-hydrogen) atoms. The molecule has 1 aromatic heterocycles. The fourth-order valence-corrected chi connectivity index (χ4v) is 4.37. The summed E-state index contributed by atoms with van der Waals surface area (Å²) < 4.78 is 2.62. The minimum Gasteiger partial charge on any atom is -0.325 e. The molecule has 1 aliphatic heterocycles. The minimum absolute atomic E-state index is 0.709. The fraction of sp³-hybridized carbons (Fsp3) is 0.611. The van der Waals surface area contributed by atoms with Gasteiger partial charge in [-0.3, -0.25) is 0 Å². The molecule has 2 aliphatic rings. The Labute approximate surface area is 121 Å². The molecule has 2 aromatic rings. The Bertz CT molecular complexity index is 592. The number of aryl methyl sites for hydroxylation is 1. The molecule has 2 heteroatoms. The predicted octanol–water partition coefficient (Wildman–Crippen LogP) is 4.88. The van der Waals surface area contributed by atoms with E-state index in [2.05, 4.69) is 28.8 Å². The van der Waals surface area contributed by atoms with Crippen molar-refractivity contribution in [2.75, 3.05) is 0 Å². The molecule has 0 amide bonds. The maximum atomic E-state index is 4.92. The summed E-state index contributed by atoms with van der Waals surface area (Å²) in [4.78, 5) is 4.92. The Balaban J connectivity index is 1.81. The first-order valence-corrected chi connectivity index (χ1v) is 8.39. The van der Waals surface area contributed by atoms with Gasteiger partial charge in [-0.15, -0.1) is 0 Å². The minimum atomic E-state index is 0.709. The summed E-state index contributed by atoms with van der Waals surface area (Å²) >= 11 is 0. The summed E-state index contributed by atoms with van der Waals surface area (Å²) in [5.41, 5.74) is 2.57. The fourth-order valence-electron chi connectivity index (χ4n) is 4.37. The van der Waals surface area contributed by atoms with Crippen molar-refractivity contribution >= 4 is 11.0 Å². The van der Waals surface area contributed by atoms with Gasteiger partial charge in [0.2, 0.25) is 0 Å². The summed E-state index contributed by atoms with van der Waals surface area (Å²) in [5.74, 6) is 2.23. The summed E-state index contributed by atoms with van der Waals surface area (Å²) in [6.07, 6.45) is 12.4. The van der Waals surface area contributed by atoms with Crippen molar-refractivity contribution in [1.82, 2.24) is 9.55 Å². The van der Waals surface area contributed by atoms with Crippen LogP contribution in [0.1, 0.15) is 63.2 Å². The molecule has 1 aliphatic carbocycles. The van der Waals surface area contributed by atoms with Gasteiger partial charge in [0.15, 0.2) is 0 Å². The zero-order valence-corrected chi connectivity index (χ0v) is 12.2. The highest BCUT2D eigenvalue weighted by atomic mass is 15.1. The smallest absolute Gasteiger partial charge is 0.110 e. The van der Waals surface area contributed by atoms with E-state index in [1.54, 1.807) is 0 Å². The van der Waals surface area contributed by atoms with E-state index in [4.69, 9.17) is 4.98 Å². The number of imidazole rings is 1.